The van der Waals surface area contributed by atoms with Crippen molar-refractivity contribution >= 4 is 17.1 Å². The molecule has 0 amide bonds. The van der Waals surface area contributed by atoms with Crippen LogP contribution in [0.4, 0.5) is 0 Å². The van der Waals surface area contributed by atoms with Gasteiger partial charge in [0.15, 0.2) is 5.78 Å². The maximum Gasteiger partial charge on any atom is 0.194 e. The van der Waals surface area contributed by atoms with Crippen molar-refractivity contribution in [1.82, 2.24) is 0 Å². The molecule has 0 aliphatic carbocycles. The molecule has 0 atom stereocenters. The molecule has 0 spiro atoms. The highest BCUT2D eigenvalue weighted by Gasteiger charge is 2.14. The van der Waals surface area contributed by atoms with E-state index in [9.17, 15) is 4.79 Å². The Balaban J connectivity index is 2.46. The van der Waals surface area contributed by atoms with E-state index < -0.39 is 0 Å². The van der Waals surface area contributed by atoms with E-state index in [1.165, 1.54) is 0 Å². The zero-order valence-electron chi connectivity index (χ0n) is 9.49. The molecule has 0 radical (unpaired) electrons. The molecular formula is C14H14OS. The first-order chi connectivity index (χ1) is 7.74. The summed E-state index contributed by atoms with van der Waals surface area (Å²) in [6.45, 7) is 4.07. The number of hydrogen-bond donors (Lipinski definition) is 0. The second kappa shape index (κ2) is 4.62. The first-order valence-electron chi connectivity index (χ1n) is 5.40. The van der Waals surface area contributed by atoms with Crippen LogP contribution in [0.25, 0.3) is 0 Å². The van der Waals surface area contributed by atoms with Crippen molar-refractivity contribution in [2.24, 2.45) is 0 Å². The van der Waals surface area contributed by atoms with Gasteiger partial charge in [0.2, 0.25) is 0 Å². The fourth-order valence-corrected chi connectivity index (χ4v) is 2.51. The molecule has 1 heterocycles. The molecule has 0 N–H and O–H groups in total. The number of carbonyl (C=O) groups is 1. The molecule has 0 aliphatic heterocycles. The van der Waals surface area contributed by atoms with Crippen molar-refractivity contribution in [2.45, 2.75) is 20.3 Å². The van der Waals surface area contributed by atoms with Crippen molar-refractivity contribution in [3.8, 4) is 0 Å². The molecule has 0 unspecified atom stereocenters. The summed E-state index contributed by atoms with van der Waals surface area (Å²) in [5.41, 5.74) is 2.80. The summed E-state index contributed by atoms with van der Waals surface area (Å²) in [5.74, 6) is 0.149. The van der Waals surface area contributed by atoms with E-state index in [0.717, 1.165) is 28.0 Å². The summed E-state index contributed by atoms with van der Waals surface area (Å²) in [6.07, 6.45) is 0.894. The first kappa shape index (κ1) is 11.1. The molecule has 0 aliphatic rings. The number of thiophene rings is 1. The van der Waals surface area contributed by atoms with Crippen LogP contribution in [0.15, 0.2) is 35.7 Å². The highest BCUT2D eigenvalue weighted by molar-refractivity contribution is 7.10. The maximum absolute atomic E-state index is 12.3. The van der Waals surface area contributed by atoms with Gasteiger partial charge in [0.1, 0.15) is 0 Å². The topological polar surface area (TPSA) is 17.1 Å². The Kier molecular flexibility index (Phi) is 3.20. The minimum absolute atomic E-state index is 0.149. The van der Waals surface area contributed by atoms with Crippen molar-refractivity contribution in [3.63, 3.8) is 0 Å². The lowest BCUT2D eigenvalue weighted by molar-refractivity contribution is 0.103. The first-order valence-corrected chi connectivity index (χ1v) is 6.28. The van der Waals surface area contributed by atoms with Crippen molar-refractivity contribution < 1.29 is 4.79 Å². The monoisotopic (exact) mass is 230 g/mol. The second-order valence-corrected chi connectivity index (χ2v) is 4.85. The molecule has 2 aromatic rings. The Labute approximate surface area is 99.8 Å². The van der Waals surface area contributed by atoms with Gasteiger partial charge in [0, 0.05) is 16.0 Å². The molecule has 0 saturated carbocycles. The molecule has 2 rings (SSSR count). The van der Waals surface area contributed by atoms with E-state index in [1.54, 1.807) is 11.3 Å². The lowest BCUT2D eigenvalue weighted by atomic mass is 9.97. The van der Waals surface area contributed by atoms with E-state index in [-0.39, 0.29) is 5.78 Å². The smallest absolute Gasteiger partial charge is 0.194 e. The minimum Gasteiger partial charge on any atom is -0.289 e. The van der Waals surface area contributed by atoms with E-state index in [0.29, 0.717) is 0 Å². The Morgan fingerprint density at radius 1 is 1.19 bits per heavy atom. The Hall–Kier alpha value is -1.41. The predicted octanol–water partition coefficient (Wildman–Crippen LogP) is 3.85. The van der Waals surface area contributed by atoms with Crippen LogP contribution in [-0.2, 0) is 6.42 Å². The van der Waals surface area contributed by atoms with Gasteiger partial charge in [0.25, 0.3) is 0 Å². The molecule has 2 heteroatoms. The van der Waals surface area contributed by atoms with Gasteiger partial charge in [-0.2, -0.15) is 0 Å². The lowest BCUT2D eigenvalue weighted by Gasteiger charge is -2.05. The Bertz CT molecular complexity index is 511. The molecule has 16 heavy (non-hydrogen) atoms. The van der Waals surface area contributed by atoms with Crippen LogP contribution in [0.3, 0.4) is 0 Å². The summed E-state index contributed by atoms with van der Waals surface area (Å²) in [4.78, 5) is 13.4. The molecule has 1 aromatic heterocycles. The Morgan fingerprint density at radius 2 is 1.94 bits per heavy atom. The summed E-state index contributed by atoms with van der Waals surface area (Å²) in [6, 6.07) is 9.76. The van der Waals surface area contributed by atoms with Crippen molar-refractivity contribution in [2.75, 3.05) is 0 Å². The van der Waals surface area contributed by atoms with Gasteiger partial charge in [0.05, 0.1) is 0 Å². The van der Waals surface area contributed by atoms with Crippen molar-refractivity contribution in [1.29, 1.82) is 0 Å². The van der Waals surface area contributed by atoms with Crippen LogP contribution in [0.1, 0.15) is 33.3 Å². The quantitative estimate of drug-likeness (QED) is 0.732. The lowest BCUT2D eigenvalue weighted by Crippen LogP contribution is -2.04. The third kappa shape index (κ3) is 1.93. The molecule has 1 aromatic carbocycles. The van der Waals surface area contributed by atoms with Crippen LogP contribution >= 0.6 is 11.3 Å². The van der Waals surface area contributed by atoms with E-state index in [2.05, 4.69) is 6.92 Å². The summed E-state index contributed by atoms with van der Waals surface area (Å²) in [7, 11) is 0. The normalized spacial score (nSPS) is 10.4. The van der Waals surface area contributed by atoms with Gasteiger partial charge < -0.3 is 0 Å². The van der Waals surface area contributed by atoms with Gasteiger partial charge in [-0.05, 0) is 30.4 Å². The number of benzene rings is 1. The average molecular weight is 230 g/mol. The predicted molar refractivity (Wildman–Crippen MR) is 68.3 cm³/mol. The second-order valence-electron chi connectivity index (χ2n) is 3.73. The van der Waals surface area contributed by atoms with Crippen LogP contribution in [0.5, 0.6) is 0 Å². The van der Waals surface area contributed by atoms with Gasteiger partial charge in [-0.25, -0.2) is 0 Å². The summed E-state index contributed by atoms with van der Waals surface area (Å²) >= 11 is 1.62. The number of ketones is 1. The van der Waals surface area contributed by atoms with Gasteiger partial charge in [-0.1, -0.05) is 31.2 Å². The van der Waals surface area contributed by atoms with Crippen LogP contribution in [0.2, 0.25) is 0 Å². The molecule has 0 fully saturated rings. The molecule has 0 bridgehead atoms. The van der Waals surface area contributed by atoms with E-state index in [1.807, 2.05) is 42.6 Å². The summed E-state index contributed by atoms with van der Waals surface area (Å²) in [5, 5.41) is 1.97. The number of hydrogen-bond acceptors (Lipinski definition) is 2. The largest absolute Gasteiger partial charge is 0.289 e. The molecule has 82 valence electrons. The number of aryl methyl sites for hydroxylation is 2. The molecule has 1 nitrogen and oxygen atoms in total. The highest BCUT2D eigenvalue weighted by Crippen LogP contribution is 2.21. The average Bonchev–Trinajstić information content (AvgIpc) is 2.74. The zero-order chi connectivity index (χ0) is 11.5. The third-order valence-electron chi connectivity index (χ3n) is 2.75. The number of rotatable bonds is 3. The van der Waals surface area contributed by atoms with Gasteiger partial charge in [-0.3, -0.25) is 4.79 Å². The summed E-state index contributed by atoms with van der Waals surface area (Å²) < 4.78 is 0. The molecular weight excluding hydrogens is 216 g/mol. The van der Waals surface area contributed by atoms with Crippen molar-refractivity contribution in [3.05, 3.63) is 57.3 Å². The fourth-order valence-electron chi connectivity index (χ4n) is 1.82. The fraction of sp³-hybridized carbons (Fsp3) is 0.214. The van der Waals surface area contributed by atoms with Crippen LogP contribution in [0, 0.1) is 6.92 Å². The van der Waals surface area contributed by atoms with Crippen LogP contribution in [-0.4, -0.2) is 5.78 Å². The van der Waals surface area contributed by atoms with Gasteiger partial charge in [-0.15, -0.1) is 11.3 Å². The maximum atomic E-state index is 12.3. The minimum atomic E-state index is 0.149. The number of carbonyl (C=O) groups excluding carboxylic acids is 1. The third-order valence-corrected chi connectivity index (χ3v) is 3.59. The van der Waals surface area contributed by atoms with Gasteiger partial charge >= 0.3 is 0 Å². The zero-order valence-corrected chi connectivity index (χ0v) is 10.3. The SMILES string of the molecule is CCc1ccccc1C(=O)c1ccsc1C. The van der Waals surface area contributed by atoms with E-state index in [4.69, 9.17) is 0 Å². The van der Waals surface area contributed by atoms with E-state index >= 15 is 0 Å². The molecule has 0 saturated heterocycles. The van der Waals surface area contributed by atoms with Crippen LogP contribution < -0.4 is 0 Å². The highest BCUT2D eigenvalue weighted by atomic mass is 32.1. The Morgan fingerprint density at radius 3 is 2.56 bits per heavy atom. The standard InChI is InChI=1S/C14H14OS/c1-3-11-6-4-5-7-13(11)14(15)12-8-9-16-10(12)2/h4-9H,3H2,1-2H3.